The van der Waals surface area contributed by atoms with E-state index in [1.807, 2.05) is 4.90 Å². The smallest absolute Gasteiger partial charge is 0.418 e. The molecule has 150 valence electrons. The molecule has 0 unspecified atom stereocenters. The van der Waals surface area contributed by atoms with Crippen molar-refractivity contribution in [2.75, 3.05) is 43.6 Å². The number of rotatable bonds is 5. The molecule has 0 atom stereocenters. The number of halogens is 3. The standard InChI is InChI=1S/C20H21F3N2O3/c1-27-16-4-2-3-14(11-16)12-19(26)24-18-6-5-15(13-17(18)20(21,22)23)25-7-9-28-10-8-25/h2-6,11,13H,7-10,12H2,1H3,(H,24,26). The molecule has 2 aromatic rings. The Bertz CT molecular complexity index is 834. The number of hydrogen-bond acceptors (Lipinski definition) is 4. The lowest BCUT2D eigenvalue weighted by Gasteiger charge is -2.29. The number of benzene rings is 2. The van der Waals surface area contributed by atoms with E-state index in [-0.39, 0.29) is 12.1 Å². The van der Waals surface area contributed by atoms with Crippen LogP contribution in [0.5, 0.6) is 5.75 Å². The molecule has 1 fully saturated rings. The topological polar surface area (TPSA) is 50.8 Å². The molecule has 2 aromatic carbocycles. The summed E-state index contributed by atoms with van der Waals surface area (Å²) < 4.78 is 51.0. The van der Waals surface area contributed by atoms with Gasteiger partial charge in [0.25, 0.3) is 0 Å². The van der Waals surface area contributed by atoms with Gasteiger partial charge in [0.1, 0.15) is 5.75 Å². The van der Waals surface area contributed by atoms with Gasteiger partial charge < -0.3 is 19.7 Å². The highest BCUT2D eigenvalue weighted by molar-refractivity contribution is 5.93. The quantitative estimate of drug-likeness (QED) is 0.840. The van der Waals surface area contributed by atoms with Gasteiger partial charge in [-0.3, -0.25) is 4.79 Å². The summed E-state index contributed by atoms with van der Waals surface area (Å²) in [7, 11) is 1.50. The average molecular weight is 394 g/mol. The van der Waals surface area contributed by atoms with Gasteiger partial charge in [-0.25, -0.2) is 0 Å². The average Bonchev–Trinajstić information content (AvgIpc) is 2.68. The van der Waals surface area contributed by atoms with E-state index < -0.39 is 17.6 Å². The highest BCUT2D eigenvalue weighted by Crippen LogP contribution is 2.37. The van der Waals surface area contributed by atoms with Gasteiger partial charge in [-0.1, -0.05) is 12.1 Å². The molecular formula is C20H21F3N2O3. The molecule has 1 N–H and O–H groups in total. The summed E-state index contributed by atoms with van der Waals surface area (Å²) in [4.78, 5) is 14.1. The summed E-state index contributed by atoms with van der Waals surface area (Å²) >= 11 is 0. The predicted octanol–water partition coefficient (Wildman–Crippen LogP) is 3.73. The second kappa shape index (κ2) is 8.52. The highest BCUT2D eigenvalue weighted by Gasteiger charge is 2.34. The van der Waals surface area contributed by atoms with Gasteiger partial charge in [-0.2, -0.15) is 13.2 Å². The van der Waals surface area contributed by atoms with E-state index >= 15 is 0 Å². The summed E-state index contributed by atoms with van der Waals surface area (Å²) in [5.41, 5.74) is -0.00958. The molecule has 1 saturated heterocycles. The first-order chi connectivity index (χ1) is 13.4. The van der Waals surface area contributed by atoms with Crippen molar-refractivity contribution in [2.24, 2.45) is 0 Å². The van der Waals surface area contributed by atoms with Crippen LogP contribution in [0.3, 0.4) is 0 Å². The molecule has 0 radical (unpaired) electrons. The third-order valence-corrected chi connectivity index (χ3v) is 4.46. The maximum absolute atomic E-state index is 13.6. The monoisotopic (exact) mass is 394 g/mol. The van der Waals surface area contributed by atoms with Crippen LogP contribution in [-0.4, -0.2) is 39.3 Å². The van der Waals surface area contributed by atoms with Crippen LogP contribution in [0.1, 0.15) is 11.1 Å². The Kier molecular flexibility index (Phi) is 6.08. The van der Waals surface area contributed by atoms with E-state index in [4.69, 9.17) is 9.47 Å². The number of ether oxygens (including phenoxy) is 2. The Balaban J connectivity index is 1.79. The van der Waals surface area contributed by atoms with Crippen LogP contribution in [0.25, 0.3) is 0 Å². The zero-order chi connectivity index (χ0) is 20.1. The summed E-state index contributed by atoms with van der Waals surface area (Å²) in [6.45, 7) is 2.00. The number of nitrogens with one attached hydrogen (secondary N) is 1. The third kappa shape index (κ3) is 4.95. The Morgan fingerprint density at radius 3 is 2.61 bits per heavy atom. The molecule has 1 aliphatic rings. The molecule has 0 bridgehead atoms. The van der Waals surface area contributed by atoms with Gasteiger partial charge in [-0.15, -0.1) is 0 Å². The number of amides is 1. The van der Waals surface area contributed by atoms with E-state index in [1.165, 1.54) is 13.2 Å². The van der Waals surface area contributed by atoms with Crippen LogP contribution >= 0.6 is 0 Å². The maximum Gasteiger partial charge on any atom is 0.418 e. The van der Waals surface area contributed by atoms with Crippen LogP contribution in [0.2, 0.25) is 0 Å². The third-order valence-electron chi connectivity index (χ3n) is 4.46. The fourth-order valence-electron chi connectivity index (χ4n) is 3.06. The molecule has 1 aliphatic heterocycles. The molecular weight excluding hydrogens is 373 g/mol. The molecule has 0 spiro atoms. The van der Waals surface area contributed by atoms with Crippen molar-refractivity contribution in [1.29, 1.82) is 0 Å². The van der Waals surface area contributed by atoms with Gasteiger partial charge >= 0.3 is 6.18 Å². The second-order valence-corrected chi connectivity index (χ2v) is 6.40. The predicted molar refractivity (Wildman–Crippen MR) is 99.8 cm³/mol. The van der Waals surface area contributed by atoms with E-state index in [0.717, 1.165) is 6.07 Å². The Morgan fingerprint density at radius 1 is 1.18 bits per heavy atom. The summed E-state index contributed by atoms with van der Waals surface area (Å²) in [6.07, 6.45) is -4.64. The minimum absolute atomic E-state index is 0.0558. The Morgan fingerprint density at radius 2 is 1.93 bits per heavy atom. The van der Waals surface area contributed by atoms with E-state index in [0.29, 0.717) is 43.3 Å². The second-order valence-electron chi connectivity index (χ2n) is 6.40. The number of nitrogens with zero attached hydrogens (tertiary/aromatic N) is 1. The molecule has 5 nitrogen and oxygen atoms in total. The zero-order valence-corrected chi connectivity index (χ0v) is 15.4. The maximum atomic E-state index is 13.6. The van der Waals surface area contributed by atoms with Gasteiger partial charge in [0.2, 0.25) is 5.91 Å². The van der Waals surface area contributed by atoms with Crippen molar-refractivity contribution in [2.45, 2.75) is 12.6 Å². The van der Waals surface area contributed by atoms with Crippen molar-refractivity contribution in [3.63, 3.8) is 0 Å². The van der Waals surface area contributed by atoms with Gasteiger partial charge in [-0.05, 0) is 35.9 Å². The summed E-state index contributed by atoms with van der Waals surface area (Å²) in [6, 6.07) is 10.8. The number of methoxy groups -OCH3 is 1. The molecule has 28 heavy (non-hydrogen) atoms. The van der Waals surface area contributed by atoms with Crippen LogP contribution in [0.15, 0.2) is 42.5 Å². The van der Waals surface area contributed by atoms with Crippen molar-refractivity contribution in [3.8, 4) is 5.75 Å². The first-order valence-electron chi connectivity index (χ1n) is 8.83. The van der Waals surface area contributed by atoms with E-state index in [2.05, 4.69) is 5.32 Å². The molecule has 8 heteroatoms. The molecule has 0 saturated carbocycles. The van der Waals surface area contributed by atoms with Crippen LogP contribution in [0.4, 0.5) is 24.5 Å². The lowest BCUT2D eigenvalue weighted by Crippen LogP contribution is -2.36. The Labute approximate surface area is 161 Å². The van der Waals surface area contributed by atoms with Crippen LogP contribution in [-0.2, 0) is 22.1 Å². The van der Waals surface area contributed by atoms with E-state index in [1.54, 1.807) is 30.3 Å². The zero-order valence-electron chi connectivity index (χ0n) is 15.4. The minimum atomic E-state index is -4.58. The number of anilines is 2. The molecule has 0 aromatic heterocycles. The normalized spacial score (nSPS) is 14.6. The van der Waals surface area contributed by atoms with Crippen molar-refractivity contribution in [3.05, 3.63) is 53.6 Å². The summed E-state index contributed by atoms with van der Waals surface area (Å²) in [5, 5.41) is 2.39. The number of hydrogen-bond donors (Lipinski definition) is 1. The fraction of sp³-hybridized carbons (Fsp3) is 0.350. The van der Waals surface area contributed by atoms with Gasteiger partial charge in [0.15, 0.2) is 0 Å². The Hall–Kier alpha value is -2.74. The summed E-state index contributed by atoms with van der Waals surface area (Å²) in [5.74, 6) is 0.0500. The van der Waals surface area contributed by atoms with Gasteiger partial charge in [0, 0.05) is 18.8 Å². The van der Waals surface area contributed by atoms with E-state index in [9.17, 15) is 18.0 Å². The SMILES string of the molecule is COc1cccc(CC(=O)Nc2ccc(N3CCOCC3)cc2C(F)(F)F)c1. The van der Waals surface area contributed by atoms with Crippen molar-refractivity contribution >= 4 is 17.3 Å². The first kappa shape index (κ1) is 20.0. The largest absolute Gasteiger partial charge is 0.497 e. The highest BCUT2D eigenvalue weighted by atomic mass is 19.4. The molecule has 1 amide bonds. The molecule has 1 heterocycles. The van der Waals surface area contributed by atoms with Crippen LogP contribution in [0, 0.1) is 0 Å². The van der Waals surface area contributed by atoms with Crippen molar-refractivity contribution < 1.29 is 27.4 Å². The van der Waals surface area contributed by atoms with Crippen molar-refractivity contribution in [1.82, 2.24) is 0 Å². The lowest BCUT2D eigenvalue weighted by atomic mass is 10.1. The number of alkyl halides is 3. The minimum Gasteiger partial charge on any atom is -0.497 e. The number of morpholine rings is 1. The van der Waals surface area contributed by atoms with Gasteiger partial charge in [0.05, 0.1) is 38.0 Å². The first-order valence-corrected chi connectivity index (χ1v) is 8.83. The molecule has 3 rings (SSSR count). The molecule has 0 aliphatic carbocycles. The number of carbonyl (C=O) groups excluding carboxylic acids is 1. The fourth-order valence-corrected chi connectivity index (χ4v) is 3.06. The van der Waals surface area contributed by atoms with Crippen LogP contribution < -0.4 is 15.0 Å². The number of carbonyl (C=O) groups is 1. The lowest BCUT2D eigenvalue weighted by molar-refractivity contribution is -0.136.